The third-order valence-electron chi connectivity index (χ3n) is 5.68. The average molecular weight is 520 g/mol. The van der Waals surface area contributed by atoms with E-state index in [9.17, 15) is 4.79 Å². The minimum atomic E-state index is -0.164. The van der Waals surface area contributed by atoms with E-state index >= 15 is 0 Å². The number of carbonyl (C=O) groups excluding carboxylic acids is 1. The number of rotatable bonds is 10. The third-order valence-corrected chi connectivity index (χ3v) is 6.65. The molecule has 0 aliphatic heterocycles. The first kappa shape index (κ1) is 26.0. The molecule has 4 aromatic rings. The van der Waals surface area contributed by atoms with Crippen LogP contribution in [0.4, 0.5) is 5.69 Å². The maximum atomic E-state index is 12.8. The van der Waals surface area contributed by atoms with Gasteiger partial charge in [-0.1, -0.05) is 41.6 Å². The van der Waals surface area contributed by atoms with Gasteiger partial charge in [-0.05, 0) is 37.3 Å². The summed E-state index contributed by atoms with van der Waals surface area (Å²) in [6, 6.07) is 19.0. The van der Waals surface area contributed by atoms with E-state index in [0.717, 1.165) is 27.4 Å². The molecular weight excluding hydrogens is 490 g/mol. The zero-order valence-electron chi connectivity index (χ0n) is 21.4. The summed E-state index contributed by atoms with van der Waals surface area (Å²) in [5.74, 6) is 3.05. The fourth-order valence-electron chi connectivity index (χ4n) is 3.74. The smallest absolute Gasteiger partial charge is 0.234 e. The molecule has 3 aromatic carbocycles. The first-order valence-corrected chi connectivity index (χ1v) is 12.5. The number of nitrogens with one attached hydrogen (secondary N) is 2. The van der Waals surface area contributed by atoms with Crippen molar-refractivity contribution in [1.82, 2.24) is 9.97 Å². The molecule has 8 nitrogen and oxygen atoms in total. The molecule has 1 amide bonds. The van der Waals surface area contributed by atoms with Crippen molar-refractivity contribution in [1.29, 1.82) is 0 Å². The lowest BCUT2D eigenvalue weighted by Crippen LogP contribution is -2.14. The number of hydrogen-bond acceptors (Lipinski definition) is 7. The minimum absolute atomic E-state index is 0.164. The van der Waals surface area contributed by atoms with Gasteiger partial charge >= 0.3 is 0 Å². The van der Waals surface area contributed by atoms with E-state index in [-0.39, 0.29) is 11.7 Å². The molecule has 0 saturated carbocycles. The molecule has 4 rings (SSSR count). The summed E-state index contributed by atoms with van der Waals surface area (Å²) >= 11 is 1.36. The number of ether oxygens (including phenoxy) is 4. The molecule has 1 aromatic heterocycles. The fraction of sp³-hybridized carbons (Fsp3) is 0.214. The average Bonchev–Trinajstić information content (AvgIpc) is 3.36. The predicted molar refractivity (Wildman–Crippen MR) is 146 cm³/mol. The number of carbonyl (C=O) groups is 1. The monoisotopic (exact) mass is 519 g/mol. The first-order chi connectivity index (χ1) is 17.9. The van der Waals surface area contributed by atoms with Crippen molar-refractivity contribution in [3.63, 3.8) is 0 Å². The van der Waals surface area contributed by atoms with Gasteiger partial charge in [-0.25, -0.2) is 4.98 Å². The summed E-state index contributed by atoms with van der Waals surface area (Å²) in [4.78, 5) is 21.1. The summed E-state index contributed by atoms with van der Waals surface area (Å²) in [6.07, 6.45) is 0. The highest BCUT2D eigenvalue weighted by molar-refractivity contribution is 8.00. The van der Waals surface area contributed by atoms with Crippen molar-refractivity contribution in [3.05, 3.63) is 66.2 Å². The van der Waals surface area contributed by atoms with Crippen LogP contribution >= 0.6 is 11.8 Å². The SMILES string of the molecule is COc1ccc(NC(=O)CSc2nc(-c3ccc(OC)c(OC)c3)[nH]c2-c2ccc(C)cc2)cc1OC. The molecular formula is C28H29N3O5S. The van der Waals surface area contributed by atoms with E-state index in [1.54, 1.807) is 46.6 Å². The van der Waals surface area contributed by atoms with Crippen LogP contribution in [0.5, 0.6) is 23.0 Å². The number of anilines is 1. The van der Waals surface area contributed by atoms with Crippen molar-refractivity contribution in [2.75, 3.05) is 39.5 Å². The summed E-state index contributed by atoms with van der Waals surface area (Å²) in [6.45, 7) is 2.04. The van der Waals surface area contributed by atoms with Gasteiger partial charge in [-0.3, -0.25) is 4.79 Å². The Hall–Kier alpha value is -4.11. The second kappa shape index (κ2) is 11.7. The number of aromatic amines is 1. The first-order valence-electron chi connectivity index (χ1n) is 11.5. The Balaban J connectivity index is 1.59. The number of thioether (sulfide) groups is 1. The lowest BCUT2D eigenvalue weighted by atomic mass is 10.1. The highest BCUT2D eigenvalue weighted by Crippen LogP contribution is 2.36. The Labute approximate surface area is 220 Å². The molecule has 192 valence electrons. The standard InChI is InChI=1S/C28H29N3O5S/c1-17-6-8-18(9-7-17)26-28(31-27(30-26)19-10-12-21(33-2)23(14-19)35-4)37-16-25(32)29-20-11-13-22(34-3)24(15-20)36-5/h6-15H,16H2,1-5H3,(H,29,32)(H,30,31). The molecule has 37 heavy (non-hydrogen) atoms. The molecule has 9 heteroatoms. The highest BCUT2D eigenvalue weighted by atomic mass is 32.2. The lowest BCUT2D eigenvalue weighted by molar-refractivity contribution is -0.113. The summed E-state index contributed by atoms with van der Waals surface area (Å²) < 4.78 is 21.4. The number of methoxy groups -OCH3 is 4. The number of nitrogens with zero attached hydrogens (tertiary/aromatic N) is 1. The topological polar surface area (TPSA) is 94.7 Å². The van der Waals surface area contributed by atoms with Gasteiger partial charge in [0.25, 0.3) is 0 Å². The van der Waals surface area contributed by atoms with Gasteiger partial charge in [0, 0.05) is 22.9 Å². The molecule has 0 saturated heterocycles. The second-order valence-corrected chi connectivity index (χ2v) is 9.07. The van der Waals surface area contributed by atoms with Crippen LogP contribution in [-0.2, 0) is 4.79 Å². The Morgan fingerprint density at radius 3 is 2.05 bits per heavy atom. The van der Waals surface area contributed by atoms with Crippen LogP contribution in [0.25, 0.3) is 22.6 Å². The van der Waals surface area contributed by atoms with E-state index < -0.39 is 0 Å². The third kappa shape index (κ3) is 6.00. The lowest BCUT2D eigenvalue weighted by Gasteiger charge is -2.10. The van der Waals surface area contributed by atoms with Gasteiger partial charge in [0.1, 0.15) is 10.9 Å². The Morgan fingerprint density at radius 2 is 1.41 bits per heavy atom. The molecule has 0 aliphatic carbocycles. The van der Waals surface area contributed by atoms with Crippen molar-refractivity contribution < 1.29 is 23.7 Å². The van der Waals surface area contributed by atoms with Crippen molar-refractivity contribution in [2.45, 2.75) is 11.9 Å². The molecule has 0 unspecified atom stereocenters. The van der Waals surface area contributed by atoms with Crippen LogP contribution in [0.2, 0.25) is 0 Å². The molecule has 1 heterocycles. The number of benzene rings is 3. The van der Waals surface area contributed by atoms with Gasteiger partial charge in [-0.15, -0.1) is 0 Å². The normalized spacial score (nSPS) is 10.6. The molecule has 0 spiro atoms. The largest absolute Gasteiger partial charge is 0.493 e. The zero-order valence-corrected chi connectivity index (χ0v) is 22.2. The van der Waals surface area contributed by atoms with Crippen LogP contribution in [0.15, 0.2) is 65.7 Å². The number of aryl methyl sites for hydroxylation is 1. The van der Waals surface area contributed by atoms with Crippen molar-refractivity contribution in [3.8, 4) is 45.6 Å². The van der Waals surface area contributed by atoms with Gasteiger partial charge in [0.15, 0.2) is 23.0 Å². The Bertz CT molecular complexity index is 1390. The van der Waals surface area contributed by atoms with Gasteiger partial charge in [0.2, 0.25) is 5.91 Å². The zero-order chi connectivity index (χ0) is 26.4. The Kier molecular flexibility index (Phi) is 8.25. The minimum Gasteiger partial charge on any atom is -0.493 e. The second-order valence-electron chi connectivity index (χ2n) is 8.11. The number of imidazole rings is 1. The number of amides is 1. The molecule has 0 radical (unpaired) electrons. The van der Waals surface area contributed by atoms with Crippen molar-refractivity contribution in [2.24, 2.45) is 0 Å². The van der Waals surface area contributed by atoms with Gasteiger partial charge in [0.05, 0.1) is 39.9 Å². The van der Waals surface area contributed by atoms with Gasteiger partial charge in [-0.2, -0.15) is 0 Å². The Morgan fingerprint density at radius 1 is 0.811 bits per heavy atom. The quantitative estimate of drug-likeness (QED) is 0.255. The maximum absolute atomic E-state index is 12.8. The summed E-state index contributed by atoms with van der Waals surface area (Å²) in [7, 11) is 6.32. The van der Waals surface area contributed by atoms with Crippen LogP contribution in [0.3, 0.4) is 0 Å². The van der Waals surface area contributed by atoms with Crippen LogP contribution < -0.4 is 24.3 Å². The van der Waals surface area contributed by atoms with Gasteiger partial charge < -0.3 is 29.2 Å². The van der Waals surface area contributed by atoms with Crippen LogP contribution in [-0.4, -0.2) is 50.1 Å². The summed E-state index contributed by atoms with van der Waals surface area (Å²) in [5, 5.41) is 3.63. The molecule has 0 bridgehead atoms. The number of aromatic nitrogens is 2. The number of hydrogen-bond donors (Lipinski definition) is 2. The van der Waals surface area contributed by atoms with Crippen LogP contribution in [0.1, 0.15) is 5.56 Å². The summed E-state index contributed by atoms with van der Waals surface area (Å²) in [5.41, 5.74) is 4.44. The molecule has 0 atom stereocenters. The fourth-order valence-corrected chi connectivity index (χ4v) is 4.55. The molecule has 0 fully saturated rings. The van der Waals surface area contributed by atoms with Crippen molar-refractivity contribution >= 4 is 23.4 Å². The van der Waals surface area contributed by atoms with E-state index in [2.05, 4.69) is 10.3 Å². The van der Waals surface area contributed by atoms with E-state index in [1.165, 1.54) is 11.8 Å². The molecule has 0 aliphatic rings. The molecule has 2 N–H and O–H groups in total. The number of H-pyrrole nitrogens is 1. The van der Waals surface area contributed by atoms with E-state index in [4.69, 9.17) is 23.9 Å². The highest BCUT2D eigenvalue weighted by Gasteiger charge is 2.17. The maximum Gasteiger partial charge on any atom is 0.234 e. The van der Waals surface area contributed by atoms with E-state index in [1.807, 2.05) is 49.4 Å². The van der Waals surface area contributed by atoms with E-state index in [0.29, 0.717) is 34.5 Å². The van der Waals surface area contributed by atoms with Crippen LogP contribution in [0, 0.1) is 6.92 Å². The predicted octanol–water partition coefficient (Wildman–Crippen LogP) is 5.82.